The van der Waals surface area contributed by atoms with Crippen molar-refractivity contribution in [2.75, 3.05) is 13.2 Å². The predicted octanol–water partition coefficient (Wildman–Crippen LogP) is 1.73. The first-order chi connectivity index (χ1) is 12.1. The molecule has 1 saturated heterocycles. The number of rotatable bonds is 7. The molecule has 1 aliphatic heterocycles. The van der Waals surface area contributed by atoms with Gasteiger partial charge in [-0.25, -0.2) is 4.98 Å². The van der Waals surface area contributed by atoms with Gasteiger partial charge in [0.1, 0.15) is 6.10 Å². The molecule has 8 heteroatoms. The Balaban J connectivity index is 1.63. The molecule has 2 aromatic rings. The lowest BCUT2D eigenvalue weighted by molar-refractivity contribution is 0.0873. The largest absolute Gasteiger partial charge is 0.482 e. The van der Waals surface area contributed by atoms with Gasteiger partial charge in [-0.05, 0) is 20.3 Å². The van der Waals surface area contributed by atoms with E-state index in [9.17, 15) is 4.79 Å². The highest BCUT2D eigenvalue weighted by molar-refractivity contribution is 5.92. The molecule has 25 heavy (non-hydrogen) atoms. The van der Waals surface area contributed by atoms with Crippen LogP contribution >= 0.6 is 0 Å². The molecule has 1 amide bonds. The van der Waals surface area contributed by atoms with Crippen molar-refractivity contribution in [1.29, 1.82) is 0 Å². The van der Waals surface area contributed by atoms with Crippen LogP contribution < -0.4 is 10.1 Å². The molecule has 1 aliphatic rings. The number of oxazole rings is 1. The minimum absolute atomic E-state index is 0.253. The smallest absolute Gasteiger partial charge is 0.289 e. The average molecular weight is 348 g/mol. The van der Waals surface area contributed by atoms with E-state index in [0.29, 0.717) is 37.0 Å². The number of carbonyl (C=O) groups is 1. The normalized spacial score (nSPS) is 20.0. The molecule has 0 radical (unpaired) electrons. The van der Waals surface area contributed by atoms with Crippen molar-refractivity contribution in [2.24, 2.45) is 0 Å². The standard InChI is InChI=1S/C17H24N4O4/c1-4-6-15-19-11(3)16(25-15)17(22)20-13-9-23-10-14(13)24-12-7-18-21(5-2)8-12/h7-8,13-14H,4-6,9-10H2,1-3H3,(H,20,22)/t13-,14+/m0/s1. The second-order valence-electron chi connectivity index (χ2n) is 6.08. The van der Waals surface area contributed by atoms with Gasteiger partial charge < -0.3 is 19.2 Å². The Kier molecular flexibility index (Phi) is 5.37. The second-order valence-corrected chi connectivity index (χ2v) is 6.08. The molecule has 2 atom stereocenters. The second kappa shape index (κ2) is 7.69. The maximum Gasteiger partial charge on any atom is 0.289 e. The monoisotopic (exact) mass is 348 g/mol. The Morgan fingerprint density at radius 1 is 1.44 bits per heavy atom. The lowest BCUT2D eigenvalue weighted by Crippen LogP contribution is -2.45. The van der Waals surface area contributed by atoms with Crippen LogP contribution in [-0.2, 0) is 17.7 Å². The molecule has 0 aliphatic carbocycles. The van der Waals surface area contributed by atoms with Crippen LogP contribution in [0.15, 0.2) is 16.8 Å². The predicted molar refractivity (Wildman–Crippen MR) is 89.6 cm³/mol. The molecule has 2 aromatic heterocycles. The van der Waals surface area contributed by atoms with Crippen LogP contribution in [0.4, 0.5) is 0 Å². The first-order valence-electron chi connectivity index (χ1n) is 8.64. The Bertz CT molecular complexity index is 724. The Hall–Kier alpha value is -2.35. The summed E-state index contributed by atoms with van der Waals surface area (Å²) in [6.45, 7) is 7.40. The third-order valence-corrected chi connectivity index (χ3v) is 4.08. The van der Waals surface area contributed by atoms with Gasteiger partial charge in [0.15, 0.2) is 11.6 Å². The van der Waals surface area contributed by atoms with Gasteiger partial charge in [-0.3, -0.25) is 9.48 Å². The number of aryl methyl sites for hydroxylation is 3. The summed E-state index contributed by atoms with van der Waals surface area (Å²) >= 11 is 0. The molecule has 0 aromatic carbocycles. The summed E-state index contributed by atoms with van der Waals surface area (Å²) in [6.07, 6.45) is 4.86. The molecule has 1 fully saturated rings. The van der Waals surface area contributed by atoms with Crippen molar-refractivity contribution in [1.82, 2.24) is 20.1 Å². The van der Waals surface area contributed by atoms with Crippen LogP contribution in [0.3, 0.4) is 0 Å². The van der Waals surface area contributed by atoms with Crippen molar-refractivity contribution in [3.63, 3.8) is 0 Å². The van der Waals surface area contributed by atoms with Crippen LogP contribution in [0.2, 0.25) is 0 Å². The van der Waals surface area contributed by atoms with E-state index in [1.807, 2.05) is 20.0 Å². The summed E-state index contributed by atoms with van der Waals surface area (Å²) in [5, 5.41) is 7.11. The van der Waals surface area contributed by atoms with Crippen LogP contribution in [0, 0.1) is 6.92 Å². The molecule has 3 heterocycles. The molecular formula is C17H24N4O4. The minimum atomic E-state index is -0.291. The van der Waals surface area contributed by atoms with Gasteiger partial charge in [-0.2, -0.15) is 5.10 Å². The first kappa shape index (κ1) is 17.5. The maximum absolute atomic E-state index is 12.5. The van der Waals surface area contributed by atoms with Crippen LogP contribution in [0.1, 0.15) is 42.4 Å². The Morgan fingerprint density at radius 2 is 2.28 bits per heavy atom. The molecular weight excluding hydrogens is 324 g/mol. The summed E-state index contributed by atoms with van der Waals surface area (Å²) in [5.74, 6) is 1.22. The number of nitrogens with zero attached hydrogens (tertiary/aromatic N) is 3. The fourth-order valence-electron chi connectivity index (χ4n) is 2.76. The number of aromatic nitrogens is 3. The number of nitrogens with one attached hydrogen (secondary N) is 1. The highest BCUT2D eigenvalue weighted by atomic mass is 16.5. The molecule has 0 spiro atoms. The van der Waals surface area contributed by atoms with Gasteiger partial charge in [0.2, 0.25) is 5.76 Å². The quantitative estimate of drug-likeness (QED) is 0.819. The zero-order valence-corrected chi connectivity index (χ0v) is 14.8. The topological polar surface area (TPSA) is 91.4 Å². The maximum atomic E-state index is 12.5. The van der Waals surface area contributed by atoms with Gasteiger partial charge in [-0.15, -0.1) is 0 Å². The summed E-state index contributed by atoms with van der Waals surface area (Å²) in [4.78, 5) is 16.8. The van der Waals surface area contributed by atoms with E-state index < -0.39 is 0 Å². The summed E-state index contributed by atoms with van der Waals surface area (Å²) < 4.78 is 18.7. The lowest BCUT2D eigenvalue weighted by Gasteiger charge is -2.19. The fourth-order valence-corrected chi connectivity index (χ4v) is 2.76. The van der Waals surface area contributed by atoms with Crippen LogP contribution in [0.25, 0.3) is 0 Å². The third-order valence-electron chi connectivity index (χ3n) is 4.08. The van der Waals surface area contributed by atoms with Crippen molar-refractivity contribution in [3.05, 3.63) is 29.7 Å². The average Bonchev–Trinajstić information content (AvgIpc) is 3.30. The van der Waals surface area contributed by atoms with Crippen LogP contribution in [0.5, 0.6) is 5.75 Å². The minimum Gasteiger partial charge on any atom is -0.482 e. The molecule has 136 valence electrons. The van der Waals surface area contributed by atoms with Gasteiger partial charge in [0.05, 0.1) is 37.3 Å². The number of hydrogen-bond donors (Lipinski definition) is 1. The summed E-state index contributed by atoms with van der Waals surface area (Å²) in [7, 11) is 0. The number of hydrogen-bond acceptors (Lipinski definition) is 6. The lowest BCUT2D eigenvalue weighted by atomic mass is 10.2. The number of amides is 1. The number of carbonyl (C=O) groups excluding carboxylic acids is 1. The molecule has 0 bridgehead atoms. The molecule has 1 N–H and O–H groups in total. The molecule has 0 saturated carbocycles. The zero-order chi connectivity index (χ0) is 17.8. The first-order valence-corrected chi connectivity index (χ1v) is 8.64. The van der Waals surface area contributed by atoms with E-state index in [2.05, 4.69) is 15.4 Å². The molecule has 0 unspecified atom stereocenters. The summed E-state index contributed by atoms with van der Waals surface area (Å²) in [6, 6.07) is -0.253. The number of ether oxygens (including phenoxy) is 2. The molecule has 8 nitrogen and oxygen atoms in total. The summed E-state index contributed by atoms with van der Waals surface area (Å²) in [5.41, 5.74) is 0.599. The van der Waals surface area contributed by atoms with E-state index in [1.54, 1.807) is 17.8 Å². The van der Waals surface area contributed by atoms with E-state index >= 15 is 0 Å². The van der Waals surface area contributed by atoms with Gasteiger partial charge in [0.25, 0.3) is 5.91 Å². The zero-order valence-electron chi connectivity index (χ0n) is 14.8. The fraction of sp³-hybridized carbons (Fsp3) is 0.588. The van der Waals surface area contributed by atoms with Crippen molar-refractivity contribution in [2.45, 2.75) is 52.3 Å². The highest BCUT2D eigenvalue weighted by Crippen LogP contribution is 2.18. The SMILES string of the molecule is CCCc1nc(C)c(C(=O)N[C@H]2COC[C@H]2Oc2cnn(CC)c2)o1. The molecule has 3 rings (SSSR count). The van der Waals surface area contributed by atoms with E-state index in [4.69, 9.17) is 13.9 Å². The van der Waals surface area contributed by atoms with Gasteiger partial charge in [0, 0.05) is 13.0 Å². The van der Waals surface area contributed by atoms with Crippen molar-refractivity contribution >= 4 is 5.91 Å². The van der Waals surface area contributed by atoms with E-state index in [1.165, 1.54) is 0 Å². The van der Waals surface area contributed by atoms with Crippen LogP contribution in [-0.4, -0.2) is 46.0 Å². The van der Waals surface area contributed by atoms with Gasteiger partial charge >= 0.3 is 0 Å². The highest BCUT2D eigenvalue weighted by Gasteiger charge is 2.33. The Morgan fingerprint density at radius 3 is 3.00 bits per heavy atom. The van der Waals surface area contributed by atoms with Crippen molar-refractivity contribution < 1.29 is 18.7 Å². The van der Waals surface area contributed by atoms with Gasteiger partial charge in [-0.1, -0.05) is 6.92 Å². The third kappa shape index (κ3) is 4.01. The van der Waals surface area contributed by atoms with E-state index in [-0.39, 0.29) is 23.8 Å². The Labute approximate surface area is 146 Å². The van der Waals surface area contributed by atoms with Crippen molar-refractivity contribution in [3.8, 4) is 5.75 Å². The van der Waals surface area contributed by atoms with E-state index in [0.717, 1.165) is 13.0 Å².